The van der Waals surface area contributed by atoms with Crippen molar-refractivity contribution in [2.75, 3.05) is 6.54 Å². The molecule has 2 aromatic rings. The van der Waals surface area contributed by atoms with Gasteiger partial charge >= 0.3 is 6.09 Å². The lowest BCUT2D eigenvalue weighted by Gasteiger charge is -2.08. The average molecular weight is 229 g/mol. The van der Waals surface area contributed by atoms with Gasteiger partial charge in [-0.25, -0.2) is 4.79 Å². The highest BCUT2D eigenvalue weighted by molar-refractivity contribution is 5.71. The van der Waals surface area contributed by atoms with Gasteiger partial charge in [0.1, 0.15) is 6.10 Å². The second-order valence-corrected chi connectivity index (χ2v) is 3.84. The molecule has 5 nitrogen and oxygen atoms in total. The van der Waals surface area contributed by atoms with Crippen molar-refractivity contribution in [3.63, 3.8) is 0 Å². The van der Waals surface area contributed by atoms with E-state index in [1.165, 1.54) is 0 Å². The molecular formula is C12H11N3O2. The van der Waals surface area contributed by atoms with E-state index in [2.05, 4.69) is 15.5 Å². The van der Waals surface area contributed by atoms with Gasteiger partial charge in [0, 0.05) is 5.56 Å². The van der Waals surface area contributed by atoms with E-state index in [0.717, 1.165) is 16.8 Å². The molecule has 2 heterocycles. The lowest BCUT2D eigenvalue weighted by Crippen LogP contribution is -2.12. The molecule has 3 rings (SSSR count). The Balaban J connectivity index is 1.97. The predicted octanol–water partition coefficient (Wildman–Crippen LogP) is 1.86. The molecule has 1 aliphatic heterocycles. The Bertz CT molecular complexity index is 536. The van der Waals surface area contributed by atoms with Crippen molar-refractivity contribution >= 4 is 6.09 Å². The predicted molar refractivity (Wildman–Crippen MR) is 61.2 cm³/mol. The van der Waals surface area contributed by atoms with Gasteiger partial charge in [-0.3, -0.25) is 5.10 Å². The van der Waals surface area contributed by atoms with Crippen LogP contribution in [0.2, 0.25) is 0 Å². The highest BCUT2D eigenvalue weighted by Crippen LogP contribution is 2.29. The molecule has 17 heavy (non-hydrogen) atoms. The van der Waals surface area contributed by atoms with E-state index in [4.69, 9.17) is 4.74 Å². The Morgan fingerprint density at radius 1 is 1.29 bits per heavy atom. The number of hydrogen-bond donors (Lipinski definition) is 2. The molecule has 2 N–H and O–H groups in total. The summed E-state index contributed by atoms with van der Waals surface area (Å²) in [7, 11) is 0. The number of cyclic esters (lactones) is 1. The smallest absolute Gasteiger partial charge is 0.407 e. The third-order valence-corrected chi connectivity index (χ3v) is 2.76. The zero-order valence-electron chi connectivity index (χ0n) is 9.01. The number of aromatic nitrogens is 2. The van der Waals surface area contributed by atoms with Gasteiger partial charge in [0.2, 0.25) is 0 Å². The summed E-state index contributed by atoms with van der Waals surface area (Å²) in [6, 6.07) is 9.84. The highest BCUT2D eigenvalue weighted by Gasteiger charge is 2.27. The summed E-state index contributed by atoms with van der Waals surface area (Å²) < 4.78 is 5.16. The molecular weight excluding hydrogens is 218 g/mol. The molecule has 0 radical (unpaired) electrons. The normalized spacial score (nSPS) is 18.8. The summed E-state index contributed by atoms with van der Waals surface area (Å²) in [5.74, 6) is 0. The summed E-state index contributed by atoms with van der Waals surface area (Å²) in [5, 5.41) is 9.60. The summed E-state index contributed by atoms with van der Waals surface area (Å²) in [5.41, 5.74) is 2.82. The molecule has 1 aliphatic rings. The molecule has 1 unspecified atom stereocenters. The number of carbonyl (C=O) groups excluding carboxylic acids is 1. The van der Waals surface area contributed by atoms with Crippen LogP contribution < -0.4 is 5.32 Å². The van der Waals surface area contributed by atoms with Crippen LogP contribution in [0.1, 0.15) is 11.7 Å². The fourth-order valence-electron chi connectivity index (χ4n) is 1.94. The van der Waals surface area contributed by atoms with E-state index in [-0.39, 0.29) is 12.2 Å². The maximum atomic E-state index is 11.0. The van der Waals surface area contributed by atoms with Gasteiger partial charge in [0.15, 0.2) is 0 Å². The van der Waals surface area contributed by atoms with Gasteiger partial charge in [-0.05, 0) is 5.56 Å². The van der Waals surface area contributed by atoms with Crippen LogP contribution in [-0.2, 0) is 4.74 Å². The number of nitrogens with zero attached hydrogens (tertiary/aromatic N) is 1. The Kier molecular flexibility index (Phi) is 2.29. The number of alkyl carbamates (subject to hydrolysis) is 1. The first-order valence-corrected chi connectivity index (χ1v) is 5.38. The van der Waals surface area contributed by atoms with E-state index < -0.39 is 0 Å². The standard InChI is InChI=1S/C12H11N3O2/c16-12-13-7-10(17-12)9-6-14-15-11(9)8-4-2-1-3-5-8/h1-6,10H,7H2,(H,13,16)(H,14,15). The van der Waals surface area contributed by atoms with Crippen LogP contribution in [0.3, 0.4) is 0 Å². The number of hydrogen-bond acceptors (Lipinski definition) is 3. The Labute approximate surface area is 97.8 Å². The number of benzene rings is 1. The maximum Gasteiger partial charge on any atom is 0.407 e. The van der Waals surface area contributed by atoms with Gasteiger partial charge in [0.05, 0.1) is 18.4 Å². The number of ether oxygens (including phenoxy) is 1. The van der Waals surface area contributed by atoms with E-state index in [1.807, 2.05) is 30.3 Å². The number of rotatable bonds is 2. The molecule has 5 heteroatoms. The largest absolute Gasteiger partial charge is 0.439 e. The Morgan fingerprint density at radius 3 is 2.82 bits per heavy atom. The maximum absolute atomic E-state index is 11.0. The van der Waals surface area contributed by atoms with E-state index in [1.54, 1.807) is 6.20 Å². The summed E-state index contributed by atoms with van der Waals surface area (Å²) in [6.07, 6.45) is 1.06. The van der Waals surface area contributed by atoms with Gasteiger partial charge in [-0.2, -0.15) is 5.10 Å². The topological polar surface area (TPSA) is 67.0 Å². The molecule has 1 atom stereocenters. The lowest BCUT2D eigenvalue weighted by molar-refractivity contribution is 0.141. The molecule has 1 aromatic heterocycles. The molecule has 0 spiro atoms. The van der Waals surface area contributed by atoms with Crippen molar-refractivity contribution < 1.29 is 9.53 Å². The van der Waals surface area contributed by atoms with Gasteiger partial charge < -0.3 is 10.1 Å². The number of amides is 1. The van der Waals surface area contributed by atoms with Crippen molar-refractivity contribution in [1.82, 2.24) is 15.5 Å². The molecule has 0 saturated carbocycles. The van der Waals surface area contributed by atoms with Crippen molar-refractivity contribution in [3.8, 4) is 11.3 Å². The minimum absolute atomic E-state index is 0.267. The van der Waals surface area contributed by atoms with Crippen molar-refractivity contribution in [2.45, 2.75) is 6.10 Å². The Hall–Kier alpha value is -2.30. The highest BCUT2D eigenvalue weighted by atomic mass is 16.6. The monoisotopic (exact) mass is 229 g/mol. The first-order chi connectivity index (χ1) is 8.34. The lowest BCUT2D eigenvalue weighted by atomic mass is 10.0. The summed E-state index contributed by atoms with van der Waals surface area (Å²) in [4.78, 5) is 11.0. The summed E-state index contributed by atoms with van der Waals surface area (Å²) in [6.45, 7) is 0.484. The van der Waals surface area contributed by atoms with E-state index in [9.17, 15) is 4.79 Å². The molecule has 1 fully saturated rings. The molecule has 86 valence electrons. The first-order valence-electron chi connectivity index (χ1n) is 5.38. The van der Waals surface area contributed by atoms with Crippen LogP contribution in [0.25, 0.3) is 11.3 Å². The zero-order valence-corrected chi connectivity index (χ0v) is 9.01. The Morgan fingerprint density at radius 2 is 2.12 bits per heavy atom. The molecule has 0 aliphatic carbocycles. The van der Waals surface area contributed by atoms with Crippen LogP contribution in [0.5, 0.6) is 0 Å². The van der Waals surface area contributed by atoms with Gasteiger partial charge in [-0.15, -0.1) is 0 Å². The van der Waals surface area contributed by atoms with Crippen LogP contribution >= 0.6 is 0 Å². The molecule has 1 aromatic carbocycles. The van der Waals surface area contributed by atoms with Crippen molar-refractivity contribution in [1.29, 1.82) is 0 Å². The fraction of sp³-hybridized carbons (Fsp3) is 0.167. The van der Waals surface area contributed by atoms with Crippen molar-refractivity contribution in [3.05, 3.63) is 42.1 Å². The van der Waals surface area contributed by atoms with Gasteiger partial charge in [-0.1, -0.05) is 30.3 Å². The first kappa shape index (κ1) is 9.89. The molecule has 1 amide bonds. The average Bonchev–Trinajstić information content (AvgIpc) is 2.98. The zero-order chi connectivity index (χ0) is 11.7. The number of aromatic amines is 1. The number of nitrogens with one attached hydrogen (secondary N) is 2. The van der Waals surface area contributed by atoms with Crippen LogP contribution in [-0.4, -0.2) is 22.8 Å². The SMILES string of the molecule is O=C1NCC(c2cn[nH]c2-c2ccccc2)O1. The van der Waals surface area contributed by atoms with E-state index in [0.29, 0.717) is 6.54 Å². The second kappa shape index (κ2) is 3.93. The minimum atomic E-state index is -0.379. The second-order valence-electron chi connectivity index (χ2n) is 3.84. The van der Waals surface area contributed by atoms with Gasteiger partial charge in [0.25, 0.3) is 0 Å². The quantitative estimate of drug-likeness (QED) is 0.825. The summed E-state index contributed by atoms with van der Waals surface area (Å²) >= 11 is 0. The van der Waals surface area contributed by atoms with Crippen LogP contribution in [0.4, 0.5) is 4.79 Å². The minimum Gasteiger partial charge on any atom is -0.439 e. The third kappa shape index (κ3) is 1.75. The van der Waals surface area contributed by atoms with Crippen molar-refractivity contribution in [2.24, 2.45) is 0 Å². The number of carbonyl (C=O) groups is 1. The fourth-order valence-corrected chi connectivity index (χ4v) is 1.94. The third-order valence-electron chi connectivity index (χ3n) is 2.76. The van der Waals surface area contributed by atoms with Crippen LogP contribution in [0.15, 0.2) is 36.5 Å². The number of H-pyrrole nitrogens is 1. The molecule has 0 bridgehead atoms. The molecule has 1 saturated heterocycles. The van der Waals surface area contributed by atoms with E-state index >= 15 is 0 Å². The van der Waals surface area contributed by atoms with Crippen LogP contribution in [0, 0.1) is 0 Å².